The number of carbonyl (C=O) groups is 1. The molecule has 8 heteroatoms. The maximum atomic E-state index is 12.8. The second-order valence-electron chi connectivity index (χ2n) is 8.77. The van der Waals surface area contributed by atoms with Crippen LogP contribution in [0.15, 0.2) is 29.2 Å². The number of nitrogens with one attached hydrogen (secondary N) is 1. The van der Waals surface area contributed by atoms with Crippen LogP contribution in [0.3, 0.4) is 0 Å². The summed E-state index contributed by atoms with van der Waals surface area (Å²) in [6, 6.07) is 6.38. The number of benzene rings is 1. The highest BCUT2D eigenvalue weighted by Gasteiger charge is 2.32. The van der Waals surface area contributed by atoms with E-state index in [0.29, 0.717) is 49.7 Å². The van der Waals surface area contributed by atoms with E-state index in [-0.39, 0.29) is 23.5 Å². The van der Waals surface area contributed by atoms with Crippen molar-refractivity contribution in [1.29, 1.82) is 0 Å². The van der Waals surface area contributed by atoms with Crippen molar-refractivity contribution in [2.24, 2.45) is 17.8 Å². The van der Waals surface area contributed by atoms with Crippen molar-refractivity contribution in [3.05, 3.63) is 24.3 Å². The molecule has 1 saturated carbocycles. The van der Waals surface area contributed by atoms with Gasteiger partial charge in [-0.25, -0.2) is 8.42 Å². The normalized spacial score (nSPS) is 25.9. The Morgan fingerprint density at radius 1 is 1.27 bits per heavy atom. The van der Waals surface area contributed by atoms with Crippen LogP contribution >= 0.6 is 0 Å². The first-order valence-corrected chi connectivity index (χ1v) is 12.3. The van der Waals surface area contributed by atoms with Crippen LogP contribution < -0.4 is 5.32 Å². The number of rotatable bonds is 7. The lowest BCUT2D eigenvalue weighted by Crippen LogP contribution is -2.40. The van der Waals surface area contributed by atoms with Gasteiger partial charge in [0.2, 0.25) is 15.9 Å². The van der Waals surface area contributed by atoms with Crippen LogP contribution in [-0.2, 0) is 24.3 Å². The van der Waals surface area contributed by atoms with Crippen LogP contribution in [0.5, 0.6) is 0 Å². The zero-order valence-corrected chi connectivity index (χ0v) is 19.0. The third-order valence-corrected chi connectivity index (χ3v) is 8.01. The van der Waals surface area contributed by atoms with Gasteiger partial charge in [-0.3, -0.25) is 4.79 Å². The molecule has 30 heavy (non-hydrogen) atoms. The van der Waals surface area contributed by atoms with Gasteiger partial charge in [0.1, 0.15) is 6.61 Å². The van der Waals surface area contributed by atoms with E-state index in [1.807, 2.05) is 0 Å². The molecule has 0 bridgehead atoms. The van der Waals surface area contributed by atoms with Crippen LogP contribution in [0.2, 0.25) is 0 Å². The van der Waals surface area contributed by atoms with Crippen molar-refractivity contribution in [1.82, 2.24) is 4.31 Å². The van der Waals surface area contributed by atoms with Crippen LogP contribution in [0, 0.1) is 17.8 Å². The van der Waals surface area contributed by atoms with Crippen LogP contribution in [-0.4, -0.2) is 57.6 Å². The molecule has 0 spiro atoms. The molecule has 168 valence electrons. The maximum Gasteiger partial charge on any atom is 0.250 e. The summed E-state index contributed by atoms with van der Waals surface area (Å²) in [7, 11) is -3.60. The van der Waals surface area contributed by atoms with Crippen LogP contribution in [0.4, 0.5) is 5.69 Å². The predicted molar refractivity (Wildman–Crippen MR) is 116 cm³/mol. The van der Waals surface area contributed by atoms with Crippen molar-refractivity contribution in [3.63, 3.8) is 0 Å². The van der Waals surface area contributed by atoms with Crippen molar-refractivity contribution < 1.29 is 22.7 Å². The van der Waals surface area contributed by atoms with Gasteiger partial charge in [-0.15, -0.1) is 0 Å². The molecular formula is C22H34N2O5S. The minimum atomic E-state index is -3.60. The summed E-state index contributed by atoms with van der Waals surface area (Å²) in [6.07, 6.45) is 3.41. The zero-order chi connectivity index (χ0) is 21.7. The lowest BCUT2D eigenvalue weighted by Gasteiger charge is -2.37. The lowest BCUT2D eigenvalue weighted by molar-refractivity contribution is -0.126. The lowest BCUT2D eigenvalue weighted by atomic mass is 9.75. The van der Waals surface area contributed by atoms with Gasteiger partial charge in [0.25, 0.3) is 0 Å². The summed E-state index contributed by atoms with van der Waals surface area (Å²) in [5.41, 5.74) is 0.454. The first kappa shape index (κ1) is 23.2. The molecular weight excluding hydrogens is 404 g/mol. The molecule has 0 aromatic heterocycles. The summed E-state index contributed by atoms with van der Waals surface area (Å²) in [5.74, 6) is 1.33. The SMILES string of the molecule is CC(C)[C@@H]1CC[C@@H](C)C[C@@H]1OCC(=O)Nc1cccc(S(=O)(=O)N2CCOCC2)c1. The summed E-state index contributed by atoms with van der Waals surface area (Å²) in [5, 5.41) is 2.78. The molecule has 1 amide bonds. The van der Waals surface area contributed by atoms with Crippen LogP contribution in [0.25, 0.3) is 0 Å². The first-order valence-electron chi connectivity index (χ1n) is 10.9. The second kappa shape index (κ2) is 10.2. The average molecular weight is 439 g/mol. The van der Waals surface area contributed by atoms with Gasteiger partial charge in [-0.2, -0.15) is 4.31 Å². The Balaban J connectivity index is 1.59. The monoisotopic (exact) mass is 438 g/mol. The van der Waals surface area contributed by atoms with Crippen molar-refractivity contribution >= 4 is 21.6 Å². The summed E-state index contributed by atoms with van der Waals surface area (Å²) >= 11 is 0. The Hall–Kier alpha value is -1.48. The van der Waals surface area contributed by atoms with Crippen molar-refractivity contribution in [3.8, 4) is 0 Å². The fraction of sp³-hybridized carbons (Fsp3) is 0.682. The molecule has 2 aliphatic rings. The molecule has 1 heterocycles. The predicted octanol–water partition coefficient (Wildman–Crippen LogP) is 3.12. The minimum absolute atomic E-state index is 0.0267. The van der Waals surface area contributed by atoms with Crippen molar-refractivity contribution in [2.75, 3.05) is 38.2 Å². The van der Waals surface area contributed by atoms with Gasteiger partial charge in [0.15, 0.2) is 0 Å². The Morgan fingerprint density at radius 3 is 2.70 bits per heavy atom. The highest BCUT2D eigenvalue weighted by atomic mass is 32.2. The number of hydrogen-bond acceptors (Lipinski definition) is 5. The molecule has 3 rings (SSSR count). The van der Waals surface area contributed by atoms with Gasteiger partial charge in [-0.1, -0.05) is 33.3 Å². The number of sulfonamides is 1. The fourth-order valence-electron chi connectivity index (χ4n) is 4.36. The first-order chi connectivity index (χ1) is 14.3. The van der Waals surface area contributed by atoms with Crippen molar-refractivity contribution in [2.45, 2.75) is 51.0 Å². The largest absolute Gasteiger partial charge is 0.379 e. The molecule has 7 nitrogen and oxygen atoms in total. The smallest absolute Gasteiger partial charge is 0.250 e. The van der Waals surface area contributed by atoms with E-state index in [4.69, 9.17) is 9.47 Å². The highest BCUT2D eigenvalue weighted by Crippen LogP contribution is 2.35. The summed E-state index contributed by atoms with van der Waals surface area (Å²) in [4.78, 5) is 12.6. The average Bonchev–Trinajstić information content (AvgIpc) is 2.73. The van der Waals surface area contributed by atoms with Gasteiger partial charge >= 0.3 is 0 Å². The van der Waals surface area contributed by atoms with Gasteiger partial charge in [0, 0.05) is 18.8 Å². The number of ether oxygens (including phenoxy) is 2. The standard InChI is InChI=1S/C22H34N2O5S/c1-16(2)20-8-7-17(3)13-21(20)29-15-22(25)23-18-5-4-6-19(14-18)30(26,27)24-9-11-28-12-10-24/h4-6,14,16-17,20-21H,7-13,15H2,1-3H3,(H,23,25)/t17-,20+,21+/m1/s1. The second-order valence-corrected chi connectivity index (χ2v) is 10.7. The maximum absolute atomic E-state index is 12.8. The number of hydrogen-bond donors (Lipinski definition) is 1. The molecule has 1 saturated heterocycles. The fourth-order valence-corrected chi connectivity index (χ4v) is 5.81. The Morgan fingerprint density at radius 2 is 2.00 bits per heavy atom. The quantitative estimate of drug-likeness (QED) is 0.707. The van der Waals surface area contributed by atoms with E-state index in [1.54, 1.807) is 18.2 Å². The number of nitrogens with zero attached hydrogens (tertiary/aromatic N) is 1. The van der Waals surface area contributed by atoms with Crippen LogP contribution in [0.1, 0.15) is 40.0 Å². The number of amides is 1. The topological polar surface area (TPSA) is 84.9 Å². The number of anilines is 1. The molecule has 0 radical (unpaired) electrons. The Labute approximate surface area is 180 Å². The minimum Gasteiger partial charge on any atom is -0.379 e. The van der Waals surface area contributed by atoms with E-state index in [1.165, 1.54) is 16.8 Å². The summed E-state index contributed by atoms with van der Waals surface area (Å²) < 4.78 is 38.3. The van der Waals surface area contributed by atoms with E-state index in [2.05, 4.69) is 26.1 Å². The molecule has 2 fully saturated rings. The highest BCUT2D eigenvalue weighted by molar-refractivity contribution is 7.89. The third kappa shape index (κ3) is 5.81. The number of carbonyl (C=O) groups excluding carboxylic acids is 1. The number of morpholine rings is 1. The van der Waals surface area contributed by atoms with E-state index in [9.17, 15) is 13.2 Å². The summed E-state index contributed by atoms with van der Waals surface area (Å²) in [6.45, 7) is 8.07. The molecule has 1 N–H and O–H groups in total. The molecule has 1 aromatic carbocycles. The Kier molecular flexibility index (Phi) is 7.90. The zero-order valence-electron chi connectivity index (χ0n) is 18.2. The molecule has 3 atom stereocenters. The third-order valence-electron chi connectivity index (χ3n) is 6.12. The van der Waals surface area contributed by atoms with Gasteiger partial charge in [-0.05, 0) is 48.8 Å². The van der Waals surface area contributed by atoms with E-state index >= 15 is 0 Å². The molecule has 0 unspecified atom stereocenters. The molecule has 1 aliphatic carbocycles. The Bertz CT molecular complexity index is 821. The van der Waals surface area contributed by atoms with E-state index < -0.39 is 10.0 Å². The van der Waals surface area contributed by atoms with E-state index in [0.717, 1.165) is 12.8 Å². The molecule has 1 aliphatic heterocycles. The molecule has 1 aromatic rings. The van der Waals surface area contributed by atoms with Gasteiger partial charge < -0.3 is 14.8 Å². The van der Waals surface area contributed by atoms with Gasteiger partial charge in [0.05, 0.1) is 24.2 Å².